The van der Waals surface area contributed by atoms with E-state index in [1.54, 1.807) is 24.3 Å². The number of carbonyl (C=O) groups is 2. The maximum Gasteiger partial charge on any atom is 0.318 e. The first-order valence-electron chi connectivity index (χ1n) is 7.80. The molecule has 0 unspecified atom stereocenters. The zero-order valence-electron chi connectivity index (χ0n) is 13.7. The van der Waals surface area contributed by atoms with E-state index in [4.69, 9.17) is 5.73 Å². The standard InChI is InChI=1S/C18H16N4O3S/c19-17(25)21-15(23)11-26-18-20-14-9-5-4-8-13(14)16(24)22(18)10-12-6-2-1-3-7-12/h1-9H,10-11H2,(H3,19,21,23,25). The molecular weight excluding hydrogens is 352 g/mol. The van der Waals surface area contributed by atoms with Crippen LogP contribution in [-0.4, -0.2) is 27.2 Å². The van der Waals surface area contributed by atoms with Gasteiger partial charge in [-0.1, -0.05) is 54.2 Å². The van der Waals surface area contributed by atoms with Gasteiger partial charge in [-0.25, -0.2) is 9.78 Å². The molecule has 0 bridgehead atoms. The molecular formula is C18H16N4O3S. The van der Waals surface area contributed by atoms with Gasteiger partial charge in [0.15, 0.2) is 5.16 Å². The Morgan fingerprint density at radius 1 is 1.08 bits per heavy atom. The summed E-state index contributed by atoms with van der Waals surface area (Å²) < 4.78 is 1.53. The minimum Gasteiger partial charge on any atom is -0.351 e. The Hall–Kier alpha value is -3.13. The molecule has 3 aromatic rings. The van der Waals surface area contributed by atoms with E-state index in [1.807, 2.05) is 35.6 Å². The lowest BCUT2D eigenvalue weighted by atomic mass is 10.2. The third-order valence-electron chi connectivity index (χ3n) is 3.61. The number of amides is 3. The topological polar surface area (TPSA) is 107 Å². The van der Waals surface area contributed by atoms with Gasteiger partial charge in [0.25, 0.3) is 5.56 Å². The molecule has 3 amide bonds. The zero-order valence-corrected chi connectivity index (χ0v) is 14.5. The van der Waals surface area contributed by atoms with Crippen molar-refractivity contribution in [3.63, 3.8) is 0 Å². The first-order valence-corrected chi connectivity index (χ1v) is 8.79. The SMILES string of the molecule is NC(=O)NC(=O)CSc1nc2ccccc2c(=O)n1Cc1ccccc1. The van der Waals surface area contributed by atoms with Crippen LogP contribution in [0.2, 0.25) is 0 Å². The molecule has 0 aliphatic heterocycles. The van der Waals surface area contributed by atoms with Crippen LogP contribution in [0.5, 0.6) is 0 Å². The highest BCUT2D eigenvalue weighted by Crippen LogP contribution is 2.18. The highest BCUT2D eigenvalue weighted by Gasteiger charge is 2.14. The number of aromatic nitrogens is 2. The van der Waals surface area contributed by atoms with Crippen molar-refractivity contribution in [2.75, 3.05) is 5.75 Å². The van der Waals surface area contributed by atoms with Crippen LogP contribution in [0.15, 0.2) is 64.5 Å². The Kier molecular flexibility index (Phi) is 5.33. The summed E-state index contributed by atoms with van der Waals surface area (Å²) in [5.74, 6) is -0.626. The van der Waals surface area contributed by atoms with Crippen molar-refractivity contribution < 1.29 is 9.59 Å². The Labute approximate surface area is 153 Å². The van der Waals surface area contributed by atoms with Crippen molar-refractivity contribution in [2.24, 2.45) is 5.73 Å². The maximum atomic E-state index is 12.9. The molecule has 3 N–H and O–H groups in total. The average molecular weight is 368 g/mol. The third kappa shape index (κ3) is 4.09. The van der Waals surface area contributed by atoms with Gasteiger partial charge in [0.1, 0.15) is 0 Å². The van der Waals surface area contributed by atoms with Gasteiger partial charge in [-0.2, -0.15) is 0 Å². The fourth-order valence-corrected chi connectivity index (χ4v) is 3.27. The fourth-order valence-electron chi connectivity index (χ4n) is 2.47. The van der Waals surface area contributed by atoms with Crippen molar-refractivity contribution in [1.29, 1.82) is 0 Å². The number of primary amides is 1. The van der Waals surface area contributed by atoms with E-state index in [-0.39, 0.29) is 11.3 Å². The number of hydrogen-bond donors (Lipinski definition) is 2. The number of nitrogens with one attached hydrogen (secondary N) is 1. The molecule has 0 saturated heterocycles. The molecule has 0 fully saturated rings. The van der Waals surface area contributed by atoms with Crippen LogP contribution in [0.1, 0.15) is 5.56 Å². The van der Waals surface area contributed by atoms with E-state index in [0.29, 0.717) is 22.6 Å². The second-order valence-corrected chi connectivity index (χ2v) is 6.43. The number of hydrogen-bond acceptors (Lipinski definition) is 5. The van der Waals surface area contributed by atoms with Crippen LogP contribution < -0.4 is 16.6 Å². The smallest absolute Gasteiger partial charge is 0.318 e. The van der Waals surface area contributed by atoms with Gasteiger partial charge in [-0.05, 0) is 17.7 Å². The molecule has 1 heterocycles. The van der Waals surface area contributed by atoms with Crippen molar-refractivity contribution >= 4 is 34.6 Å². The lowest BCUT2D eigenvalue weighted by Gasteiger charge is -2.13. The Balaban J connectivity index is 1.99. The second-order valence-electron chi connectivity index (χ2n) is 5.49. The highest BCUT2D eigenvalue weighted by molar-refractivity contribution is 7.99. The Morgan fingerprint density at radius 3 is 2.50 bits per heavy atom. The fraction of sp³-hybridized carbons (Fsp3) is 0.111. The van der Waals surface area contributed by atoms with E-state index in [9.17, 15) is 14.4 Å². The molecule has 3 rings (SSSR count). The van der Waals surface area contributed by atoms with Gasteiger partial charge in [0.2, 0.25) is 5.91 Å². The number of nitrogens with two attached hydrogens (primary N) is 1. The first-order chi connectivity index (χ1) is 12.5. The van der Waals surface area contributed by atoms with Gasteiger partial charge < -0.3 is 5.73 Å². The summed E-state index contributed by atoms with van der Waals surface area (Å²) in [6.45, 7) is 0.331. The molecule has 132 valence electrons. The first kappa shape index (κ1) is 17.7. The summed E-state index contributed by atoms with van der Waals surface area (Å²) in [7, 11) is 0. The molecule has 26 heavy (non-hydrogen) atoms. The second kappa shape index (κ2) is 7.83. The predicted molar refractivity (Wildman–Crippen MR) is 100.0 cm³/mol. The zero-order chi connectivity index (χ0) is 18.5. The number of urea groups is 1. The van der Waals surface area contributed by atoms with E-state index < -0.39 is 11.9 Å². The number of carbonyl (C=O) groups excluding carboxylic acids is 2. The summed E-state index contributed by atoms with van der Waals surface area (Å²) in [6.07, 6.45) is 0. The molecule has 1 aromatic heterocycles. The average Bonchev–Trinajstić information content (AvgIpc) is 2.63. The number of rotatable bonds is 5. The van der Waals surface area contributed by atoms with E-state index in [0.717, 1.165) is 17.3 Å². The predicted octanol–water partition coefficient (Wildman–Crippen LogP) is 1.73. The third-order valence-corrected chi connectivity index (χ3v) is 4.58. The molecule has 0 spiro atoms. The molecule has 0 radical (unpaired) electrons. The van der Waals surface area contributed by atoms with Crippen LogP contribution in [0.25, 0.3) is 10.9 Å². The summed E-state index contributed by atoms with van der Waals surface area (Å²) in [5.41, 5.74) is 6.25. The van der Waals surface area contributed by atoms with E-state index in [1.165, 1.54) is 4.57 Å². The monoisotopic (exact) mass is 368 g/mol. The summed E-state index contributed by atoms with van der Waals surface area (Å²) in [5, 5.41) is 2.91. The van der Waals surface area contributed by atoms with Crippen LogP contribution in [-0.2, 0) is 11.3 Å². The van der Waals surface area contributed by atoms with Gasteiger partial charge in [-0.3, -0.25) is 19.5 Å². The van der Waals surface area contributed by atoms with Gasteiger partial charge in [-0.15, -0.1) is 0 Å². The van der Waals surface area contributed by atoms with Crippen LogP contribution in [0.3, 0.4) is 0 Å². The minimum absolute atomic E-state index is 0.0808. The molecule has 0 atom stereocenters. The van der Waals surface area contributed by atoms with Gasteiger partial charge >= 0.3 is 6.03 Å². The van der Waals surface area contributed by atoms with Crippen molar-refractivity contribution in [1.82, 2.24) is 14.9 Å². The van der Waals surface area contributed by atoms with Crippen LogP contribution >= 0.6 is 11.8 Å². The minimum atomic E-state index is -0.913. The van der Waals surface area contributed by atoms with Crippen molar-refractivity contribution in [3.05, 3.63) is 70.5 Å². The number of para-hydroxylation sites is 1. The summed E-state index contributed by atoms with van der Waals surface area (Å²) >= 11 is 1.08. The van der Waals surface area contributed by atoms with Crippen LogP contribution in [0, 0.1) is 0 Å². The normalized spacial score (nSPS) is 10.6. The van der Waals surface area contributed by atoms with Crippen LogP contribution in [0.4, 0.5) is 4.79 Å². The highest BCUT2D eigenvalue weighted by atomic mass is 32.2. The molecule has 0 aliphatic carbocycles. The molecule has 0 aliphatic rings. The van der Waals surface area contributed by atoms with Gasteiger partial charge in [0, 0.05) is 0 Å². The quantitative estimate of drug-likeness (QED) is 0.527. The number of thioether (sulfide) groups is 1. The largest absolute Gasteiger partial charge is 0.351 e. The maximum absolute atomic E-state index is 12.9. The number of fused-ring (bicyclic) bond motifs is 1. The number of imide groups is 1. The lowest BCUT2D eigenvalue weighted by Crippen LogP contribution is -2.36. The van der Waals surface area contributed by atoms with Crippen molar-refractivity contribution in [2.45, 2.75) is 11.7 Å². The van der Waals surface area contributed by atoms with Crippen molar-refractivity contribution in [3.8, 4) is 0 Å². The Morgan fingerprint density at radius 2 is 1.77 bits per heavy atom. The molecule has 7 nitrogen and oxygen atoms in total. The summed E-state index contributed by atoms with van der Waals surface area (Å²) in [4.78, 5) is 39.9. The number of benzene rings is 2. The Bertz CT molecular complexity index is 1020. The van der Waals surface area contributed by atoms with E-state index in [2.05, 4.69) is 4.98 Å². The molecule has 8 heteroatoms. The molecule has 2 aromatic carbocycles. The van der Waals surface area contributed by atoms with Gasteiger partial charge in [0.05, 0.1) is 23.2 Å². The van der Waals surface area contributed by atoms with E-state index >= 15 is 0 Å². The molecule has 0 saturated carbocycles. The number of nitrogens with zero attached hydrogens (tertiary/aromatic N) is 2. The lowest BCUT2D eigenvalue weighted by molar-refractivity contribution is -0.117. The summed E-state index contributed by atoms with van der Waals surface area (Å²) in [6, 6.07) is 15.6.